The zero-order valence-corrected chi connectivity index (χ0v) is 11.9. The maximum atomic E-state index is 9.09. The molecule has 0 saturated carbocycles. The van der Waals surface area contributed by atoms with E-state index in [2.05, 4.69) is 46.1 Å². The Morgan fingerprint density at radius 2 is 1.71 bits per heavy atom. The lowest BCUT2D eigenvalue weighted by atomic mass is 10.1. The summed E-state index contributed by atoms with van der Waals surface area (Å²) in [5.41, 5.74) is 1.81. The monoisotopic (exact) mass is 279 g/mol. The first-order valence-corrected chi connectivity index (χ1v) is 7.00. The minimum Gasteiger partial charge on any atom is -0.392 e. The van der Waals surface area contributed by atoms with Crippen molar-refractivity contribution in [2.45, 2.75) is 13.5 Å². The van der Waals surface area contributed by atoms with Gasteiger partial charge in [0.2, 0.25) is 5.95 Å². The molecule has 0 fully saturated rings. The van der Waals surface area contributed by atoms with E-state index >= 15 is 0 Å². The number of rotatable bonds is 4. The van der Waals surface area contributed by atoms with E-state index in [4.69, 9.17) is 5.11 Å². The number of fused-ring (bicyclic) bond motifs is 1. The summed E-state index contributed by atoms with van der Waals surface area (Å²) < 4.78 is 0. The zero-order valence-electron chi connectivity index (χ0n) is 11.9. The van der Waals surface area contributed by atoms with Crippen molar-refractivity contribution in [1.29, 1.82) is 0 Å². The molecule has 0 radical (unpaired) electrons. The molecule has 0 aliphatic heterocycles. The lowest BCUT2D eigenvalue weighted by Crippen LogP contribution is -2.19. The van der Waals surface area contributed by atoms with Gasteiger partial charge in [0, 0.05) is 29.9 Å². The van der Waals surface area contributed by atoms with Crippen LogP contribution in [0.4, 0.5) is 11.6 Å². The van der Waals surface area contributed by atoms with Gasteiger partial charge >= 0.3 is 0 Å². The number of benzene rings is 2. The minimum atomic E-state index is -0.0410. The van der Waals surface area contributed by atoms with Gasteiger partial charge in [0.1, 0.15) is 0 Å². The number of hydrogen-bond donors (Lipinski definition) is 1. The van der Waals surface area contributed by atoms with Crippen LogP contribution in [0.1, 0.15) is 12.5 Å². The Hall–Kier alpha value is -2.46. The van der Waals surface area contributed by atoms with E-state index in [0.29, 0.717) is 11.5 Å². The summed E-state index contributed by atoms with van der Waals surface area (Å²) in [7, 11) is 0. The van der Waals surface area contributed by atoms with Gasteiger partial charge in [-0.15, -0.1) is 0 Å². The molecule has 0 amide bonds. The van der Waals surface area contributed by atoms with Gasteiger partial charge in [-0.25, -0.2) is 9.97 Å². The number of anilines is 2. The average Bonchev–Trinajstić information content (AvgIpc) is 2.56. The summed E-state index contributed by atoms with van der Waals surface area (Å²) in [6.45, 7) is 2.80. The number of aliphatic hydroxyl groups is 1. The third kappa shape index (κ3) is 2.58. The van der Waals surface area contributed by atoms with Gasteiger partial charge in [0.15, 0.2) is 0 Å². The molecule has 4 heteroatoms. The highest BCUT2D eigenvalue weighted by Gasteiger charge is 2.12. The molecular weight excluding hydrogens is 262 g/mol. The van der Waals surface area contributed by atoms with E-state index in [1.54, 1.807) is 12.4 Å². The van der Waals surface area contributed by atoms with Crippen LogP contribution in [0.2, 0.25) is 0 Å². The van der Waals surface area contributed by atoms with E-state index < -0.39 is 0 Å². The van der Waals surface area contributed by atoms with Crippen molar-refractivity contribution in [3.8, 4) is 0 Å². The maximum Gasteiger partial charge on any atom is 0.229 e. The topological polar surface area (TPSA) is 49.2 Å². The summed E-state index contributed by atoms with van der Waals surface area (Å²) in [5.74, 6) is 0.644. The van der Waals surface area contributed by atoms with Crippen molar-refractivity contribution in [2.75, 3.05) is 11.4 Å². The molecule has 1 aromatic heterocycles. The molecule has 2 aromatic carbocycles. The Morgan fingerprint density at radius 3 is 2.43 bits per heavy atom. The summed E-state index contributed by atoms with van der Waals surface area (Å²) in [6, 6.07) is 14.5. The van der Waals surface area contributed by atoms with E-state index in [-0.39, 0.29) is 6.61 Å². The van der Waals surface area contributed by atoms with Crippen LogP contribution in [0.25, 0.3) is 10.8 Å². The maximum absolute atomic E-state index is 9.09. The van der Waals surface area contributed by atoms with Crippen molar-refractivity contribution < 1.29 is 5.11 Å². The van der Waals surface area contributed by atoms with E-state index in [0.717, 1.165) is 12.2 Å². The molecule has 0 bridgehead atoms. The van der Waals surface area contributed by atoms with Gasteiger partial charge in [-0.05, 0) is 18.4 Å². The largest absolute Gasteiger partial charge is 0.392 e. The Bertz CT molecular complexity index is 735. The van der Waals surface area contributed by atoms with Gasteiger partial charge < -0.3 is 10.0 Å². The standard InChI is InChI=1S/C17H17N3O/c1-2-20(17-18-10-13(12-21)11-19-17)16-9-5-7-14-6-3-4-8-15(14)16/h3-11,21H,2,12H2,1H3. The minimum absolute atomic E-state index is 0.0410. The molecule has 106 valence electrons. The Kier molecular flexibility index (Phi) is 3.79. The van der Waals surface area contributed by atoms with Crippen LogP contribution in [0.5, 0.6) is 0 Å². The van der Waals surface area contributed by atoms with Crippen LogP contribution >= 0.6 is 0 Å². The predicted molar refractivity (Wildman–Crippen MR) is 84.6 cm³/mol. The molecule has 3 rings (SSSR count). The summed E-state index contributed by atoms with van der Waals surface area (Å²) in [4.78, 5) is 10.8. The second-order valence-corrected chi connectivity index (χ2v) is 4.79. The summed E-state index contributed by atoms with van der Waals surface area (Å²) in [6.07, 6.45) is 3.33. The molecule has 21 heavy (non-hydrogen) atoms. The SMILES string of the molecule is CCN(c1ncc(CO)cn1)c1cccc2ccccc12. The Morgan fingerprint density at radius 1 is 1.00 bits per heavy atom. The molecule has 3 aromatic rings. The van der Waals surface area contributed by atoms with E-state index in [1.807, 2.05) is 18.2 Å². The van der Waals surface area contributed by atoms with E-state index in [9.17, 15) is 0 Å². The second kappa shape index (κ2) is 5.89. The molecule has 1 N–H and O–H groups in total. The van der Waals surface area contributed by atoms with Gasteiger partial charge in [0.05, 0.1) is 12.3 Å². The molecular formula is C17H17N3O. The number of aliphatic hydroxyl groups excluding tert-OH is 1. The fourth-order valence-corrected chi connectivity index (χ4v) is 2.43. The highest BCUT2D eigenvalue weighted by molar-refractivity contribution is 5.95. The summed E-state index contributed by atoms with van der Waals surface area (Å²) >= 11 is 0. The molecule has 1 heterocycles. The predicted octanol–water partition coefficient (Wildman–Crippen LogP) is 3.28. The van der Waals surface area contributed by atoms with Crippen LogP contribution in [-0.2, 0) is 6.61 Å². The van der Waals surface area contributed by atoms with Gasteiger partial charge in [-0.3, -0.25) is 0 Å². The third-order valence-electron chi connectivity index (χ3n) is 3.49. The molecule has 0 aliphatic rings. The van der Waals surface area contributed by atoms with Crippen molar-refractivity contribution in [3.05, 3.63) is 60.4 Å². The Labute approximate surface area is 123 Å². The second-order valence-electron chi connectivity index (χ2n) is 4.79. The first-order chi connectivity index (χ1) is 10.3. The fraction of sp³-hybridized carbons (Fsp3) is 0.176. The zero-order chi connectivity index (χ0) is 14.7. The van der Waals surface area contributed by atoms with Crippen LogP contribution in [0.15, 0.2) is 54.9 Å². The van der Waals surface area contributed by atoms with Crippen LogP contribution in [0.3, 0.4) is 0 Å². The van der Waals surface area contributed by atoms with Crippen molar-refractivity contribution in [1.82, 2.24) is 9.97 Å². The fourth-order valence-electron chi connectivity index (χ4n) is 2.43. The first kappa shape index (κ1) is 13.5. The number of hydrogen-bond acceptors (Lipinski definition) is 4. The molecule has 4 nitrogen and oxygen atoms in total. The van der Waals surface area contributed by atoms with Gasteiger partial charge in [0.25, 0.3) is 0 Å². The van der Waals surface area contributed by atoms with Crippen LogP contribution < -0.4 is 4.90 Å². The third-order valence-corrected chi connectivity index (χ3v) is 3.49. The smallest absolute Gasteiger partial charge is 0.229 e. The van der Waals surface area contributed by atoms with Crippen LogP contribution in [0, 0.1) is 0 Å². The van der Waals surface area contributed by atoms with Crippen molar-refractivity contribution in [2.24, 2.45) is 0 Å². The van der Waals surface area contributed by atoms with Gasteiger partial charge in [-0.1, -0.05) is 36.4 Å². The normalized spacial score (nSPS) is 10.8. The van der Waals surface area contributed by atoms with Gasteiger partial charge in [-0.2, -0.15) is 0 Å². The first-order valence-electron chi connectivity index (χ1n) is 7.00. The number of aromatic nitrogens is 2. The average molecular weight is 279 g/mol. The quantitative estimate of drug-likeness (QED) is 0.796. The van der Waals surface area contributed by atoms with Crippen LogP contribution in [-0.4, -0.2) is 21.6 Å². The highest BCUT2D eigenvalue weighted by Crippen LogP contribution is 2.30. The lowest BCUT2D eigenvalue weighted by molar-refractivity contribution is 0.281. The molecule has 0 aliphatic carbocycles. The molecule has 0 atom stereocenters. The summed E-state index contributed by atoms with van der Waals surface area (Å²) in [5, 5.41) is 11.5. The lowest BCUT2D eigenvalue weighted by Gasteiger charge is -2.22. The highest BCUT2D eigenvalue weighted by atomic mass is 16.3. The number of nitrogens with zero attached hydrogens (tertiary/aromatic N) is 3. The van der Waals surface area contributed by atoms with E-state index in [1.165, 1.54) is 10.8 Å². The van der Waals surface area contributed by atoms with Crippen molar-refractivity contribution >= 4 is 22.4 Å². The molecule has 0 unspecified atom stereocenters. The molecule has 0 saturated heterocycles. The Balaban J connectivity index is 2.09. The molecule has 0 spiro atoms. The van der Waals surface area contributed by atoms with Crippen molar-refractivity contribution in [3.63, 3.8) is 0 Å².